The topological polar surface area (TPSA) is 77.2 Å². The second-order valence-electron chi connectivity index (χ2n) is 7.08. The average molecular weight is 416 g/mol. The lowest BCUT2D eigenvalue weighted by molar-refractivity contribution is 0.103. The number of benzene rings is 2. The molecule has 0 atom stereocenters. The molecule has 0 bridgehead atoms. The van der Waals surface area contributed by atoms with E-state index in [2.05, 4.69) is 5.16 Å². The Labute approximate surface area is 168 Å². The van der Waals surface area contributed by atoms with Crippen molar-refractivity contribution in [2.24, 2.45) is 0 Å². The summed E-state index contributed by atoms with van der Waals surface area (Å²) in [7, 11) is -3.41. The normalized spacial score (nSPS) is 14.2. The van der Waals surface area contributed by atoms with Gasteiger partial charge in [-0.15, -0.1) is 0 Å². The molecule has 1 heterocycles. The first kappa shape index (κ1) is 18.9. The number of ketones is 1. The lowest BCUT2D eigenvalue weighted by Crippen LogP contribution is -2.09. The van der Waals surface area contributed by atoms with Gasteiger partial charge >= 0.3 is 0 Å². The second-order valence-corrected chi connectivity index (χ2v) is 9.50. The maximum atomic E-state index is 13.2. The molecule has 7 heteroatoms. The molecule has 0 radical (unpaired) electrons. The van der Waals surface area contributed by atoms with E-state index in [0.29, 0.717) is 33.8 Å². The fourth-order valence-corrected chi connectivity index (χ4v) is 4.10. The summed E-state index contributed by atoms with van der Waals surface area (Å²) in [5, 5.41) is 4.56. The van der Waals surface area contributed by atoms with Crippen LogP contribution in [0.3, 0.4) is 0 Å². The molecule has 1 aliphatic rings. The summed E-state index contributed by atoms with van der Waals surface area (Å²) < 4.78 is 29.1. The van der Waals surface area contributed by atoms with Crippen LogP contribution in [-0.2, 0) is 16.3 Å². The largest absolute Gasteiger partial charge is 0.364 e. The van der Waals surface area contributed by atoms with E-state index >= 15 is 0 Å². The molecular formula is C21H18ClNO4S. The summed E-state index contributed by atoms with van der Waals surface area (Å²) in [4.78, 5) is 13.4. The molecule has 1 fully saturated rings. The Morgan fingerprint density at radius 3 is 2.57 bits per heavy atom. The number of carbonyl (C=O) groups is 1. The Balaban J connectivity index is 1.80. The van der Waals surface area contributed by atoms with E-state index in [4.69, 9.17) is 16.1 Å². The van der Waals surface area contributed by atoms with E-state index in [0.717, 1.165) is 24.7 Å². The highest BCUT2D eigenvalue weighted by Gasteiger charge is 2.32. The molecule has 2 aromatic carbocycles. The number of hydrogen-bond acceptors (Lipinski definition) is 5. The van der Waals surface area contributed by atoms with Crippen molar-refractivity contribution < 1.29 is 17.7 Å². The van der Waals surface area contributed by atoms with E-state index in [1.54, 1.807) is 18.2 Å². The zero-order valence-corrected chi connectivity index (χ0v) is 16.8. The molecule has 0 amide bonds. The van der Waals surface area contributed by atoms with Gasteiger partial charge in [-0.2, -0.15) is 0 Å². The molecule has 0 unspecified atom stereocenters. The number of rotatable bonds is 6. The number of sulfone groups is 1. The molecule has 0 aliphatic heterocycles. The third-order valence-corrected chi connectivity index (χ3v) is 6.37. The first-order valence-corrected chi connectivity index (χ1v) is 11.2. The monoisotopic (exact) mass is 415 g/mol. The molecule has 4 rings (SSSR count). The van der Waals surface area contributed by atoms with Crippen LogP contribution in [0.2, 0.25) is 5.02 Å². The molecule has 0 spiro atoms. The zero-order valence-electron chi connectivity index (χ0n) is 15.2. The van der Waals surface area contributed by atoms with Crippen molar-refractivity contribution in [1.29, 1.82) is 0 Å². The van der Waals surface area contributed by atoms with Gasteiger partial charge in [-0.25, -0.2) is 8.42 Å². The zero-order chi connectivity index (χ0) is 19.9. The number of carbonyl (C=O) groups excluding carboxylic acids is 1. The van der Waals surface area contributed by atoms with Gasteiger partial charge in [-0.3, -0.25) is 4.79 Å². The third kappa shape index (κ3) is 3.75. The van der Waals surface area contributed by atoms with Gasteiger partial charge in [0, 0.05) is 22.8 Å². The summed E-state index contributed by atoms with van der Waals surface area (Å²) in [6.07, 6.45) is 4.85. The Kier molecular flexibility index (Phi) is 4.85. The number of halogens is 1. The summed E-state index contributed by atoms with van der Waals surface area (Å²) in [6.45, 7) is 0. The first-order valence-electron chi connectivity index (χ1n) is 8.90. The molecule has 5 nitrogen and oxygen atoms in total. The second kappa shape index (κ2) is 7.18. The SMILES string of the molecule is CS(=O)(=O)c1ccc(C(=O)c2conc2C2CC2)c(Cc2ccccc2Cl)c1. The van der Waals surface area contributed by atoms with Crippen LogP contribution in [0, 0.1) is 0 Å². The fourth-order valence-electron chi connectivity index (χ4n) is 3.23. The van der Waals surface area contributed by atoms with Crippen LogP contribution in [0.1, 0.15) is 51.5 Å². The van der Waals surface area contributed by atoms with Crippen LogP contribution in [0.15, 0.2) is 58.1 Å². The molecule has 3 aromatic rings. The highest BCUT2D eigenvalue weighted by molar-refractivity contribution is 7.90. The quantitative estimate of drug-likeness (QED) is 0.556. The number of hydrogen-bond donors (Lipinski definition) is 0. The summed E-state index contributed by atoms with van der Waals surface area (Å²) in [6, 6.07) is 11.9. The van der Waals surface area contributed by atoms with Crippen molar-refractivity contribution in [3.05, 3.63) is 81.7 Å². The average Bonchev–Trinajstić information content (AvgIpc) is 3.39. The summed E-state index contributed by atoms with van der Waals surface area (Å²) >= 11 is 6.28. The van der Waals surface area contributed by atoms with Crippen molar-refractivity contribution in [3.8, 4) is 0 Å². The Bertz CT molecular complexity index is 1160. The van der Waals surface area contributed by atoms with Gasteiger partial charge in [0.2, 0.25) is 0 Å². The van der Waals surface area contributed by atoms with Gasteiger partial charge in [0.05, 0.1) is 16.2 Å². The molecule has 28 heavy (non-hydrogen) atoms. The molecule has 1 aliphatic carbocycles. The van der Waals surface area contributed by atoms with Gasteiger partial charge in [0.15, 0.2) is 15.6 Å². The van der Waals surface area contributed by atoms with Crippen LogP contribution in [-0.4, -0.2) is 25.6 Å². The van der Waals surface area contributed by atoms with Crippen molar-refractivity contribution in [3.63, 3.8) is 0 Å². The van der Waals surface area contributed by atoms with Crippen LogP contribution in [0.4, 0.5) is 0 Å². The van der Waals surface area contributed by atoms with E-state index in [1.807, 2.05) is 18.2 Å². The van der Waals surface area contributed by atoms with Gasteiger partial charge in [0.25, 0.3) is 0 Å². The van der Waals surface area contributed by atoms with Crippen LogP contribution >= 0.6 is 11.6 Å². The maximum Gasteiger partial charge on any atom is 0.198 e. The van der Waals surface area contributed by atoms with Gasteiger partial charge in [0.1, 0.15) is 6.26 Å². The number of nitrogens with zero attached hydrogens (tertiary/aromatic N) is 1. The lowest BCUT2D eigenvalue weighted by atomic mass is 9.94. The maximum absolute atomic E-state index is 13.2. The van der Waals surface area contributed by atoms with Gasteiger partial charge < -0.3 is 4.52 Å². The van der Waals surface area contributed by atoms with Crippen LogP contribution < -0.4 is 0 Å². The van der Waals surface area contributed by atoms with Crippen LogP contribution in [0.25, 0.3) is 0 Å². The standard InChI is InChI=1S/C21H18ClNO4S/c1-28(25,26)16-8-9-17(15(11-16)10-14-4-2-3-5-19(14)22)21(24)18-12-27-23-20(18)13-6-7-13/h2-5,8-9,11-13H,6-7,10H2,1H3. The van der Waals surface area contributed by atoms with E-state index in [9.17, 15) is 13.2 Å². The third-order valence-electron chi connectivity index (χ3n) is 4.89. The molecule has 0 N–H and O–H groups in total. The smallest absolute Gasteiger partial charge is 0.198 e. The predicted octanol–water partition coefficient (Wildman–Crippen LogP) is 4.43. The lowest BCUT2D eigenvalue weighted by Gasteiger charge is -2.12. The summed E-state index contributed by atoms with van der Waals surface area (Å²) in [5.41, 5.74) is 2.97. The molecule has 1 saturated carbocycles. The van der Waals surface area contributed by atoms with Crippen molar-refractivity contribution in [1.82, 2.24) is 5.16 Å². The van der Waals surface area contributed by atoms with Crippen molar-refractivity contribution in [2.75, 3.05) is 6.26 Å². The highest BCUT2D eigenvalue weighted by Crippen LogP contribution is 2.41. The highest BCUT2D eigenvalue weighted by atomic mass is 35.5. The van der Waals surface area contributed by atoms with Gasteiger partial charge in [-0.1, -0.05) is 35.0 Å². The van der Waals surface area contributed by atoms with E-state index < -0.39 is 9.84 Å². The Morgan fingerprint density at radius 1 is 1.14 bits per heavy atom. The predicted molar refractivity (Wildman–Crippen MR) is 106 cm³/mol. The van der Waals surface area contributed by atoms with Gasteiger partial charge in [-0.05, 0) is 54.7 Å². The number of aromatic nitrogens is 1. The Morgan fingerprint density at radius 2 is 1.89 bits per heavy atom. The van der Waals surface area contributed by atoms with Crippen LogP contribution in [0.5, 0.6) is 0 Å². The van der Waals surface area contributed by atoms with E-state index in [-0.39, 0.29) is 16.6 Å². The minimum atomic E-state index is -3.41. The Hall–Kier alpha value is -2.44. The van der Waals surface area contributed by atoms with Crippen molar-refractivity contribution >= 4 is 27.2 Å². The van der Waals surface area contributed by atoms with E-state index in [1.165, 1.54) is 12.3 Å². The minimum Gasteiger partial charge on any atom is -0.364 e. The molecule has 1 aromatic heterocycles. The van der Waals surface area contributed by atoms with Crippen molar-refractivity contribution in [2.45, 2.75) is 30.1 Å². The first-order chi connectivity index (χ1) is 13.3. The molecule has 0 saturated heterocycles. The molecular weight excluding hydrogens is 398 g/mol. The minimum absolute atomic E-state index is 0.166. The summed E-state index contributed by atoms with van der Waals surface area (Å²) in [5.74, 6) is 0.0465. The fraction of sp³-hybridized carbons (Fsp3) is 0.238. The molecule has 144 valence electrons.